The molecule has 152 valence electrons. The van der Waals surface area contributed by atoms with Crippen molar-refractivity contribution in [3.8, 4) is 22.8 Å². The summed E-state index contributed by atoms with van der Waals surface area (Å²) >= 11 is 1.31. The van der Waals surface area contributed by atoms with E-state index in [0.29, 0.717) is 29.5 Å². The first-order valence-electron chi connectivity index (χ1n) is 8.90. The number of amides is 1. The van der Waals surface area contributed by atoms with Crippen LogP contribution < -0.4 is 20.3 Å². The Labute approximate surface area is 171 Å². The van der Waals surface area contributed by atoms with E-state index < -0.39 is 0 Å². The fourth-order valence-electron chi connectivity index (χ4n) is 2.66. The van der Waals surface area contributed by atoms with Gasteiger partial charge in [-0.15, -0.1) is 10.2 Å². The van der Waals surface area contributed by atoms with Crippen LogP contribution >= 0.6 is 11.3 Å². The average molecular weight is 415 g/mol. The van der Waals surface area contributed by atoms with Crippen LogP contribution in [-0.2, 0) is 11.3 Å². The van der Waals surface area contributed by atoms with Crippen molar-refractivity contribution in [1.82, 2.24) is 20.0 Å². The number of aryl methyl sites for hydroxylation is 2. The van der Waals surface area contributed by atoms with E-state index in [1.165, 1.54) is 29.2 Å². The molecule has 1 N–H and O–H groups in total. The first-order valence-corrected chi connectivity index (χ1v) is 9.72. The quantitative estimate of drug-likeness (QED) is 0.602. The van der Waals surface area contributed by atoms with Gasteiger partial charge in [0.25, 0.3) is 5.56 Å². The number of hydrogen-bond acceptors (Lipinski definition) is 8. The third kappa shape index (κ3) is 5.17. The Bertz CT molecular complexity index is 1050. The maximum Gasteiger partial charge on any atom is 0.270 e. The van der Waals surface area contributed by atoms with Crippen LogP contribution in [0.1, 0.15) is 17.8 Å². The second-order valence-corrected chi connectivity index (χ2v) is 7.31. The number of carbonyl (C=O) groups excluding carboxylic acids is 1. The predicted octanol–water partition coefficient (Wildman–Crippen LogP) is 2.51. The molecule has 2 aromatic heterocycles. The number of ether oxygens (including phenoxy) is 2. The fourth-order valence-corrected chi connectivity index (χ4v) is 3.27. The normalized spacial score (nSPS) is 10.6. The van der Waals surface area contributed by atoms with Crippen LogP contribution in [0.2, 0.25) is 0 Å². The number of nitrogens with zero attached hydrogens (tertiary/aromatic N) is 4. The summed E-state index contributed by atoms with van der Waals surface area (Å²) < 4.78 is 11.8. The van der Waals surface area contributed by atoms with Gasteiger partial charge in [0.1, 0.15) is 16.5 Å². The lowest BCUT2D eigenvalue weighted by Gasteiger charge is -2.11. The minimum atomic E-state index is -0.292. The van der Waals surface area contributed by atoms with Gasteiger partial charge in [-0.25, -0.2) is 4.68 Å². The summed E-state index contributed by atoms with van der Waals surface area (Å²) in [6, 6.07) is 8.71. The molecule has 0 radical (unpaired) electrons. The van der Waals surface area contributed by atoms with Crippen LogP contribution in [0, 0.1) is 6.92 Å². The average Bonchev–Trinajstić information content (AvgIpc) is 3.13. The largest absolute Gasteiger partial charge is 0.497 e. The zero-order valence-electron chi connectivity index (χ0n) is 16.3. The number of benzene rings is 1. The third-order valence-corrected chi connectivity index (χ3v) is 4.85. The molecule has 9 nitrogen and oxygen atoms in total. The van der Waals surface area contributed by atoms with Crippen LogP contribution in [0.25, 0.3) is 11.3 Å². The molecule has 0 aliphatic carbocycles. The lowest BCUT2D eigenvalue weighted by atomic mass is 10.1. The highest BCUT2D eigenvalue weighted by atomic mass is 32.1. The molecule has 0 saturated carbocycles. The van der Waals surface area contributed by atoms with E-state index in [-0.39, 0.29) is 17.9 Å². The predicted molar refractivity (Wildman–Crippen MR) is 110 cm³/mol. The van der Waals surface area contributed by atoms with Gasteiger partial charge >= 0.3 is 0 Å². The summed E-state index contributed by atoms with van der Waals surface area (Å²) in [5.41, 5.74) is 1.04. The van der Waals surface area contributed by atoms with Crippen LogP contribution in [-0.4, -0.2) is 40.1 Å². The van der Waals surface area contributed by atoms with Crippen molar-refractivity contribution in [1.29, 1.82) is 0 Å². The second-order valence-electron chi connectivity index (χ2n) is 6.13. The number of anilines is 1. The van der Waals surface area contributed by atoms with E-state index in [9.17, 15) is 9.59 Å². The van der Waals surface area contributed by atoms with Gasteiger partial charge in [0, 0.05) is 24.6 Å². The summed E-state index contributed by atoms with van der Waals surface area (Å²) in [6.07, 6.45) is 0.682. The molecule has 0 unspecified atom stereocenters. The number of hydrogen-bond donors (Lipinski definition) is 1. The van der Waals surface area contributed by atoms with Gasteiger partial charge in [0.05, 0.1) is 14.2 Å². The summed E-state index contributed by atoms with van der Waals surface area (Å²) in [5, 5.41) is 16.1. The van der Waals surface area contributed by atoms with Crippen molar-refractivity contribution < 1.29 is 14.3 Å². The Morgan fingerprint density at radius 1 is 1.17 bits per heavy atom. The lowest BCUT2D eigenvalue weighted by Crippen LogP contribution is -2.24. The molecule has 0 spiro atoms. The van der Waals surface area contributed by atoms with E-state index in [0.717, 1.165) is 16.3 Å². The molecule has 10 heteroatoms. The first kappa shape index (κ1) is 20.5. The maximum atomic E-state index is 12.3. The molecular formula is C19H21N5O4S. The van der Waals surface area contributed by atoms with Gasteiger partial charge < -0.3 is 14.8 Å². The number of rotatable bonds is 8. The number of aromatic nitrogens is 4. The molecule has 0 aliphatic heterocycles. The molecule has 1 aromatic carbocycles. The molecule has 0 fully saturated rings. The van der Waals surface area contributed by atoms with E-state index in [4.69, 9.17) is 9.47 Å². The van der Waals surface area contributed by atoms with Crippen LogP contribution in [0.4, 0.5) is 5.13 Å². The molecule has 29 heavy (non-hydrogen) atoms. The Morgan fingerprint density at radius 3 is 2.55 bits per heavy atom. The molecule has 0 saturated heterocycles. The van der Waals surface area contributed by atoms with Crippen molar-refractivity contribution in [3.05, 3.63) is 45.7 Å². The molecule has 1 amide bonds. The van der Waals surface area contributed by atoms with Gasteiger partial charge in [0.15, 0.2) is 5.75 Å². The van der Waals surface area contributed by atoms with Crippen molar-refractivity contribution in [3.63, 3.8) is 0 Å². The van der Waals surface area contributed by atoms with E-state index in [1.807, 2.05) is 31.2 Å². The second kappa shape index (κ2) is 9.28. The van der Waals surface area contributed by atoms with Crippen molar-refractivity contribution in [2.24, 2.45) is 0 Å². The molecular weight excluding hydrogens is 394 g/mol. The van der Waals surface area contributed by atoms with Crippen molar-refractivity contribution >= 4 is 22.4 Å². The SMILES string of the molecule is COc1ccc(-c2nn(CCCC(=O)Nc3nnc(C)s3)c(=O)cc2OC)cc1. The van der Waals surface area contributed by atoms with E-state index >= 15 is 0 Å². The third-order valence-electron chi connectivity index (χ3n) is 4.09. The molecule has 3 aromatic rings. The summed E-state index contributed by atoms with van der Waals surface area (Å²) in [6.45, 7) is 2.12. The Hall–Kier alpha value is -3.27. The summed E-state index contributed by atoms with van der Waals surface area (Å²) in [5.74, 6) is 0.927. The number of carbonyl (C=O) groups is 1. The zero-order valence-corrected chi connectivity index (χ0v) is 17.2. The van der Waals surface area contributed by atoms with Gasteiger partial charge in [-0.2, -0.15) is 5.10 Å². The number of nitrogens with one attached hydrogen (secondary N) is 1. The van der Waals surface area contributed by atoms with Crippen LogP contribution in [0.5, 0.6) is 11.5 Å². The molecule has 2 heterocycles. The van der Waals surface area contributed by atoms with Crippen LogP contribution in [0.15, 0.2) is 35.1 Å². The minimum absolute atomic E-state index is 0.182. The zero-order chi connectivity index (χ0) is 20.8. The van der Waals surface area contributed by atoms with Crippen molar-refractivity contribution in [2.45, 2.75) is 26.3 Å². The molecule has 3 rings (SSSR count). The monoisotopic (exact) mass is 415 g/mol. The smallest absolute Gasteiger partial charge is 0.270 e. The fraction of sp³-hybridized carbons (Fsp3) is 0.316. The first-order chi connectivity index (χ1) is 14.0. The highest BCUT2D eigenvalue weighted by Crippen LogP contribution is 2.27. The Morgan fingerprint density at radius 2 is 1.93 bits per heavy atom. The standard InChI is InChI=1S/C19H21N5O4S/c1-12-21-22-19(29-12)20-16(25)5-4-10-24-17(26)11-15(28-3)18(23-24)13-6-8-14(27-2)9-7-13/h6-9,11H,4-5,10H2,1-3H3,(H,20,22,25). The highest BCUT2D eigenvalue weighted by Gasteiger charge is 2.13. The van der Waals surface area contributed by atoms with Gasteiger partial charge in [-0.3, -0.25) is 9.59 Å². The van der Waals surface area contributed by atoms with Crippen molar-refractivity contribution in [2.75, 3.05) is 19.5 Å². The minimum Gasteiger partial charge on any atom is -0.497 e. The molecule has 0 aliphatic rings. The topological polar surface area (TPSA) is 108 Å². The summed E-state index contributed by atoms with van der Waals surface area (Å²) in [4.78, 5) is 24.4. The van der Waals surface area contributed by atoms with E-state index in [2.05, 4.69) is 20.6 Å². The Balaban J connectivity index is 1.70. The number of methoxy groups -OCH3 is 2. The van der Waals surface area contributed by atoms with Gasteiger partial charge in [-0.05, 0) is 37.6 Å². The maximum absolute atomic E-state index is 12.3. The summed E-state index contributed by atoms with van der Waals surface area (Å²) in [7, 11) is 3.09. The molecule has 0 bridgehead atoms. The van der Waals surface area contributed by atoms with Gasteiger partial charge in [0.2, 0.25) is 11.0 Å². The van der Waals surface area contributed by atoms with Crippen LogP contribution in [0.3, 0.4) is 0 Å². The van der Waals surface area contributed by atoms with Gasteiger partial charge in [-0.1, -0.05) is 11.3 Å². The highest BCUT2D eigenvalue weighted by molar-refractivity contribution is 7.15. The van der Waals surface area contributed by atoms with E-state index in [1.54, 1.807) is 7.11 Å². The molecule has 0 atom stereocenters. The Kier molecular flexibility index (Phi) is 6.55. The lowest BCUT2D eigenvalue weighted by molar-refractivity contribution is -0.116.